The molecule has 4 rings (SSSR count). The fourth-order valence-corrected chi connectivity index (χ4v) is 2.92. The number of hydrogen-bond donors (Lipinski definition) is 1. The number of aryl methyl sites for hydroxylation is 1. The number of rotatable bonds is 4. The molecule has 1 aromatic heterocycles. The Bertz CT molecular complexity index is 987. The number of fused-ring (bicyclic) bond motifs is 2. The molecule has 0 saturated carbocycles. The van der Waals surface area contributed by atoms with Crippen molar-refractivity contribution >= 4 is 22.5 Å². The molecule has 1 amide bonds. The summed E-state index contributed by atoms with van der Waals surface area (Å²) in [6, 6.07) is 15.0. The zero-order valence-electron chi connectivity index (χ0n) is 15.0. The van der Waals surface area contributed by atoms with Crippen LogP contribution in [0, 0.1) is 6.92 Å². The van der Waals surface area contributed by atoms with E-state index in [1.54, 1.807) is 18.2 Å². The molecule has 0 aliphatic carbocycles. The Hall–Kier alpha value is -3.28. The molecule has 0 unspecified atom stereocenters. The maximum atomic E-state index is 12.3. The highest BCUT2D eigenvalue weighted by Gasteiger charge is 2.13. The first kappa shape index (κ1) is 17.1. The van der Waals surface area contributed by atoms with Crippen molar-refractivity contribution < 1.29 is 19.0 Å². The second kappa shape index (κ2) is 7.53. The number of anilines is 1. The number of nitrogens with one attached hydrogen (secondary N) is 1. The number of para-hydroxylation sites is 1. The normalized spacial score (nSPS) is 13.1. The van der Waals surface area contributed by atoms with E-state index in [0.717, 1.165) is 23.0 Å². The summed E-state index contributed by atoms with van der Waals surface area (Å²) in [5.41, 5.74) is 2.29. The first-order valence-electron chi connectivity index (χ1n) is 8.88. The van der Waals surface area contributed by atoms with Crippen LogP contribution in [-0.2, 0) is 4.79 Å². The molecule has 27 heavy (non-hydrogen) atoms. The van der Waals surface area contributed by atoms with Gasteiger partial charge < -0.3 is 19.5 Å². The van der Waals surface area contributed by atoms with Gasteiger partial charge in [-0.1, -0.05) is 18.2 Å². The van der Waals surface area contributed by atoms with Crippen LogP contribution < -0.4 is 19.5 Å². The van der Waals surface area contributed by atoms with Gasteiger partial charge in [-0.25, -0.2) is 4.98 Å². The van der Waals surface area contributed by atoms with E-state index in [4.69, 9.17) is 14.2 Å². The number of benzene rings is 2. The number of carbonyl (C=O) groups is 1. The van der Waals surface area contributed by atoms with Crippen LogP contribution in [-0.4, -0.2) is 30.7 Å². The van der Waals surface area contributed by atoms with E-state index < -0.39 is 0 Å². The maximum Gasteiger partial charge on any atom is 0.262 e. The fraction of sp³-hybridized carbons (Fsp3) is 0.238. The summed E-state index contributed by atoms with van der Waals surface area (Å²) in [4.78, 5) is 16.8. The average molecular weight is 364 g/mol. The van der Waals surface area contributed by atoms with Gasteiger partial charge in [0.05, 0.1) is 13.2 Å². The minimum Gasteiger partial charge on any atom is -0.490 e. The monoisotopic (exact) mass is 364 g/mol. The maximum absolute atomic E-state index is 12.3. The molecule has 0 saturated heterocycles. The average Bonchev–Trinajstić information content (AvgIpc) is 2.91. The third-order valence-corrected chi connectivity index (χ3v) is 4.21. The standard InChI is InChI=1S/C21H20N2O4/c1-14-6-7-15-4-2-5-18(21(15)22-14)27-13-20(24)23-16-8-9-17-19(12-16)26-11-3-10-25-17/h2,4-9,12H,3,10-11,13H2,1H3,(H,23,24). The zero-order chi connectivity index (χ0) is 18.6. The molecule has 2 aromatic carbocycles. The van der Waals surface area contributed by atoms with Crippen LogP contribution in [0.1, 0.15) is 12.1 Å². The largest absolute Gasteiger partial charge is 0.490 e. The molecule has 6 heteroatoms. The van der Waals surface area contributed by atoms with Gasteiger partial charge in [-0.05, 0) is 31.2 Å². The van der Waals surface area contributed by atoms with Crippen LogP contribution in [0.3, 0.4) is 0 Å². The van der Waals surface area contributed by atoms with Crippen LogP contribution in [0.25, 0.3) is 10.9 Å². The first-order chi connectivity index (χ1) is 13.2. The van der Waals surface area contributed by atoms with Gasteiger partial charge in [0, 0.05) is 29.3 Å². The Morgan fingerprint density at radius 1 is 1.11 bits per heavy atom. The topological polar surface area (TPSA) is 69.7 Å². The molecule has 6 nitrogen and oxygen atoms in total. The van der Waals surface area contributed by atoms with E-state index in [2.05, 4.69) is 10.3 Å². The van der Waals surface area contributed by atoms with Gasteiger partial charge >= 0.3 is 0 Å². The van der Waals surface area contributed by atoms with Crippen LogP contribution >= 0.6 is 0 Å². The number of nitrogens with zero attached hydrogens (tertiary/aromatic N) is 1. The van der Waals surface area contributed by atoms with E-state index in [1.807, 2.05) is 37.3 Å². The lowest BCUT2D eigenvalue weighted by atomic mass is 10.2. The fourth-order valence-electron chi connectivity index (χ4n) is 2.92. The Labute approximate surface area is 157 Å². The number of amides is 1. The molecule has 1 aliphatic rings. The van der Waals surface area contributed by atoms with Gasteiger partial charge in [-0.2, -0.15) is 0 Å². The van der Waals surface area contributed by atoms with Crippen LogP contribution in [0.5, 0.6) is 17.2 Å². The highest BCUT2D eigenvalue weighted by atomic mass is 16.5. The number of aromatic nitrogens is 1. The second-order valence-electron chi connectivity index (χ2n) is 6.33. The van der Waals surface area contributed by atoms with Crippen molar-refractivity contribution in [2.75, 3.05) is 25.1 Å². The number of carbonyl (C=O) groups excluding carboxylic acids is 1. The number of hydrogen-bond acceptors (Lipinski definition) is 5. The zero-order valence-corrected chi connectivity index (χ0v) is 15.0. The molecule has 3 aromatic rings. The summed E-state index contributed by atoms with van der Waals surface area (Å²) in [6.07, 6.45) is 0.836. The molecule has 1 N–H and O–H groups in total. The summed E-state index contributed by atoms with van der Waals surface area (Å²) in [6.45, 7) is 3.04. The third kappa shape index (κ3) is 3.95. The smallest absolute Gasteiger partial charge is 0.262 e. The lowest BCUT2D eigenvalue weighted by molar-refractivity contribution is -0.118. The third-order valence-electron chi connectivity index (χ3n) is 4.21. The predicted octanol–water partition coefficient (Wildman–Crippen LogP) is 3.72. The quantitative estimate of drug-likeness (QED) is 0.764. The highest BCUT2D eigenvalue weighted by Crippen LogP contribution is 2.32. The summed E-state index contributed by atoms with van der Waals surface area (Å²) in [5, 5.41) is 3.80. The van der Waals surface area contributed by atoms with Gasteiger partial charge in [-0.3, -0.25) is 4.79 Å². The van der Waals surface area contributed by atoms with Crippen molar-refractivity contribution in [1.82, 2.24) is 4.98 Å². The van der Waals surface area contributed by atoms with Crippen LogP contribution in [0.2, 0.25) is 0 Å². The Morgan fingerprint density at radius 2 is 1.96 bits per heavy atom. The van der Waals surface area contributed by atoms with Gasteiger partial charge in [0.1, 0.15) is 11.3 Å². The number of pyridine rings is 1. The molecule has 138 valence electrons. The van der Waals surface area contributed by atoms with Gasteiger partial charge in [-0.15, -0.1) is 0 Å². The van der Waals surface area contributed by atoms with Crippen molar-refractivity contribution in [3.63, 3.8) is 0 Å². The minimum atomic E-state index is -0.255. The molecule has 1 aliphatic heterocycles. The van der Waals surface area contributed by atoms with Crippen LogP contribution in [0.4, 0.5) is 5.69 Å². The summed E-state index contributed by atoms with van der Waals surface area (Å²) in [5.74, 6) is 1.66. The van der Waals surface area contributed by atoms with Crippen molar-refractivity contribution in [2.45, 2.75) is 13.3 Å². The molecule has 0 spiro atoms. The Kier molecular flexibility index (Phi) is 4.78. The van der Waals surface area contributed by atoms with Crippen molar-refractivity contribution in [1.29, 1.82) is 0 Å². The molecule has 0 fully saturated rings. The lowest BCUT2D eigenvalue weighted by Crippen LogP contribution is -2.20. The molecule has 0 bridgehead atoms. The van der Waals surface area contributed by atoms with Crippen molar-refractivity contribution in [2.24, 2.45) is 0 Å². The van der Waals surface area contributed by atoms with Gasteiger partial charge in [0.2, 0.25) is 0 Å². The predicted molar refractivity (Wildman–Crippen MR) is 103 cm³/mol. The summed E-state index contributed by atoms with van der Waals surface area (Å²) >= 11 is 0. The van der Waals surface area contributed by atoms with E-state index in [0.29, 0.717) is 36.1 Å². The minimum absolute atomic E-state index is 0.108. The van der Waals surface area contributed by atoms with E-state index in [9.17, 15) is 4.79 Å². The van der Waals surface area contributed by atoms with E-state index in [1.165, 1.54) is 0 Å². The second-order valence-corrected chi connectivity index (χ2v) is 6.33. The van der Waals surface area contributed by atoms with E-state index in [-0.39, 0.29) is 12.5 Å². The van der Waals surface area contributed by atoms with Crippen molar-refractivity contribution in [3.05, 3.63) is 54.2 Å². The van der Waals surface area contributed by atoms with Crippen LogP contribution in [0.15, 0.2) is 48.5 Å². The molecular weight excluding hydrogens is 344 g/mol. The molecule has 0 radical (unpaired) electrons. The van der Waals surface area contributed by atoms with Gasteiger partial charge in [0.15, 0.2) is 18.1 Å². The SMILES string of the molecule is Cc1ccc2cccc(OCC(=O)Nc3ccc4c(c3)OCCCO4)c2n1. The Morgan fingerprint density at radius 3 is 2.85 bits per heavy atom. The van der Waals surface area contributed by atoms with Crippen molar-refractivity contribution in [3.8, 4) is 17.2 Å². The lowest BCUT2D eigenvalue weighted by Gasteiger charge is -2.12. The molecular formula is C21H20N2O4. The molecule has 2 heterocycles. The molecule has 0 atom stereocenters. The van der Waals surface area contributed by atoms with Gasteiger partial charge in [0.25, 0.3) is 5.91 Å². The number of ether oxygens (including phenoxy) is 3. The first-order valence-corrected chi connectivity index (χ1v) is 8.88. The van der Waals surface area contributed by atoms with E-state index >= 15 is 0 Å². The highest BCUT2D eigenvalue weighted by molar-refractivity contribution is 5.92. The summed E-state index contributed by atoms with van der Waals surface area (Å²) < 4.78 is 16.9. The summed E-state index contributed by atoms with van der Waals surface area (Å²) in [7, 11) is 0. The Balaban J connectivity index is 1.43.